The SMILES string of the molecule is CCOC(=O)Cc1cc(Cl)cc(C(c2ccccc2)N2CCN(C(=O)OC(C)(C)C)CC2)c1. The van der Waals surface area contributed by atoms with Crippen molar-refractivity contribution in [1.29, 1.82) is 0 Å². The van der Waals surface area contributed by atoms with Gasteiger partial charge < -0.3 is 14.4 Å². The van der Waals surface area contributed by atoms with E-state index in [1.807, 2.05) is 57.2 Å². The summed E-state index contributed by atoms with van der Waals surface area (Å²) in [4.78, 5) is 28.7. The number of amides is 1. The number of ether oxygens (including phenoxy) is 2. The highest BCUT2D eigenvalue weighted by Gasteiger charge is 2.30. The van der Waals surface area contributed by atoms with E-state index in [2.05, 4.69) is 17.0 Å². The maximum absolute atomic E-state index is 12.5. The second kappa shape index (κ2) is 11.0. The minimum absolute atomic E-state index is 0.0494. The van der Waals surface area contributed by atoms with Gasteiger partial charge in [-0.15, -0.1) is 0 Å². The molecule has 1 aliphatic heterocycles. The largest absolute Gasteiger partial charge is 0.466 e. The Bertz CT molecular complexity index is 951. The van der Waals surface area contributed by atoms with E-state index in [-0.39, 0.29) is 24.5 Å². The van der Waals surface area contributed by atoms with E-state index in [0.717, 1.165) is 16.7 Å². The van der Waals surface area contributed by atoms with Crippen LogP contribution in [0.2, 0.25) is 5.02 Å². The number of piperazine rings is 1. The van der Waals surface area contributed by atoms with Gasteiger partial charge in [0.2, 0.25) is 0 Å². The van der Waals surface area contributed by atoms with Crippen molar-refractivity contribution in [2.75, 3.05) is 32.8 Å². The summed E-state index contributed by atoms with van der Waals surface area (Å²) in [7, 11) is 0. The van der Waals surface area contributed by atoms with Crippen LogP contribution in [0.4, 0.5) is 4.79 Å². The molecular weight excluding hydrogens is 440 g/mol. The zero-order valence-corrected chi connectivity index (χ0v) is 20.6. The van der Waals surface area contributed by atoms with Crippen LogP contribution in [0.5, 0.6) is 0 Å². The molecule has 0 aromatic heterocycles. The van der Waals surface area contributed by atoms with Crippen LogP contribution in [0.15, 0.2) is 48.5 Å². The van der Waals surface area contributed by atoms with Gasteiger partial charge in [0, 0.05) is 31.2 Å². The Kier molecular flexibility index (Phi) is 8.38. The normalized spacial score (nSPS) is 15.7. The summed E-state index contributed by atoms with van der Waals surface area (Å²) in [6.07, 6.45) is -0.104. The summed E-state index contributed by atoms with van der Waals surface area (Å²) in [6.45, 7) is 10.3. The molecule has 7 heteroatoms. The molecule has 2 aromatic rings. The highest BCUT2D eigenvalue weighted by Crippen LogP contribution is 2.32. The summed E-state index contributed by atoms with van der Waals surface area (Å²) in [5.41, 5.74) is 2.45. The number of hydrogen-bond acceptors (Lipinski definition) is 5. The van der Waals surface area contributed by atoms with Gasteiger partial charge in [-0.1, -0.05) is 48.0 Å². The van der Waals surface area contributed by atoms with Gasteiger partial charge in [0.15, 0.2) is 0 Å². The van der Waals surface area contributed by atoms with Crippen molar-refractivity contribution in [3.63, 3.8) is 0 Å². The highest BCUT2D eigenvalue weighted by atomic mass is 35.5. The molecule has 1 unspecified atom stereocenters. The molecule has 0 saturated carbocycles. The molecule has 0 spiro atoms. The van der Waals surface area contributed by atoms with E-state index in [1.54, 1.807) is 11.8 Å². The van der Waals surface area contributed by atoms with Gasteiger partial charge in [-0.2, -0.15) is 0 Å². The number of carbonyl (C=O) groups excluding carboxylic acids is 2. The maximum Gasteiger partial charge on any atom is 0.410 e. The molecular formula is C26H33ClN2O4. The third-order valence-corrected chi connectivity index (χ3v) is 5.61. The molecule has 2 aromatic carbocycles. The monoisotopic (exact) mass is 472 g/mol. The fraction of sp³-hybridized carbons (Fsp3) is 0.462. The lowest BCUT2D eigenvalue weighted by molar-refractivity contribution is -0.142. The van der Waals surface area contributed by atoms with Gasteiger partial charge in [-0.3, -0.25) is 9.69 Å². The van der Waals surface area contributed by atoms with Crippen LogP contribution < -0.4 is 0 Å². The summed E-state index contributed by atoms with van der Waals surface area (Å²) in [6, 6.07) is 16.0. The standard InChI is InChI=1S/C26H33ClN2O4/c1-5-32-23(30)17-19-15-21(18-22(27)16-19)24(20-9-7-6-8-10-20)28-11-13-29(14-12-28)25(31)33-26(2,3)4/h6-10,15-16,18,24H,5,11-14,17H2,1-4H3. The predicted molar refractivity (Wildman–Crippen MR) is 129 cm³/mol. The zero-order chi connectivity index (χ0) is 24.0. The first-order chi connectivity index (χ1) is 15.7. The van der Waals surface area contributed by atoms with Crippen molar-refractivity contribution in [3.05, 3.63) is 70.2 Å². The third-order valence-electron chi connectivity index (χ3n) is 5.40. The van der Waals surface area contributed by atoms with Gasteiger partial charge in [0.05, 0.1) is 19.1 Å². The van der Waals surface area contributed by atoms with Crippen LogP contribution in [-0.4, -0.2) is 60.2 Å². The fourth-order valence-corrected chi connectivity index (χ4v) is 4.32. The Morgan fingerprint density at radius 2 is 1.67 bits per heavy atom. The molecule has 33 heavy (non-hydrogen) atoms. The van der Waals surface area contributed by atoms with Crippen molar-refractivity contribution in [2.45, 2.75) is 45.8 Å². The number of benzene rings is 2. The molecule has 1 aliphatic rings. The van der Waals surface area contributed by atoms with Crippen molar-refractivity contribution in [3.8, 4) is 0 Å². The lowest BCUT2D eigenvalue weighted by Crippen LogP contribution is -2.51. The summed E-state index contributed by atoms with van der Waals surface area (Å²) in [5, 5.41) is 0.583. The summed E-state index contributed by atoms with van der Waals surface area (Å²) in [5.74, 6) is -0.270. The van der Waals surface area contributed by atoms with Crippen molar-refractivity contribution >= 4 is 23.7 Å². The van der Waals surface area contributed by atoms with Gasteiger partial charge in [-0.25, -0.2) is 4.79 Å². The van der Waals surface area contributed by atoms with Gasteiger partial charge in [0.25, 0.3) is 0 Å². The van der Waals surface area contributed by atoms with Crippen molar-refractivity contribution in [2.24, 2.45) is 0 Å². The Labute approximate surface area is 201 Å². The molecule has 3 rings (SSSR count). The first-order valence-electron chi connectivity index (χ1n) is 11.4. The third kappa shape index (κ3) is 7.21. The molecule has 6 nitrogen and oxygen atoms in total. The van der Waals surface area contributed by atoms with E-state index in [9.17, 15) is 9.59 Å². The average molecular weight is 473 g/mol. The van der Waals surface area contributed by atoms with Gasteiger partial charge in [0.1, 0.15) is 5.60 Å². The molecule has 0 aliphatic carbocycles. The Hall–Kier alpha value is -2.57. The van der Waals surface area contributed by atoms with Gasteiger partial charge in [-0.05, 0) is 56.5 Å². The molecule has 0 radical (unpaired) electrons. The number of nitrogens with zero attached hydrogens (tertiary/aromatic N) is 2. The second-order valence-electron chi connectivity index (χ2n) is 9.19. The second-order valence-corrected chi connectivity index (χ2v) is 9.63. The minimum Gasteiger partial charge on any atom is -0.466 e. The highest BCUT2D eigenvalue weighted by molar-refractivity contribution is 6.30. The number of esters is 1. The van der Waals surface area contributed by atoms with Crippen LogP contribution in [0.25, 0.3) is 0 Å². The molecule has 178 valence electrons. The Balaban J connectivity index is 1.84. The van der Waals surface area contributed by atoms with Crippen LogP contribution >= 0.6 is 11.6 Å². The molecule has 1 saturated heterocycles. The van der Waals surface area contributed by atoms with Gasteiger partial charge >= 0.3 is 12.1 Å². The predicted octanol–water partition coefficient (Wildman–Crippen LogP) is 5.09. The lowest BCUT2D eigenvalue weighted by atomic mass is 9.94. The van der Waals surface area contributed by atoms with E-state index in [0.29, 0.717) is 37.8 Å². The smallest absolute Gasteiger partial charge is 0.410 e. The first-order valence-corrected chi connectivity index (χ1v) is 11.8. The van der Waals surface area contributed by atoms with Crippen LogP contribution in [0.3, 0.4) is 0 Å². The molecule has 0 N–H and O–H groups in total. The quantitative estimate of drug-likeness (QED) is 0.548. The first kappa shape index (κ1) is 25.1. The van der Waals surface area contributed by atoms with E-state index in [4.69, 9.17) is 21.1 Å². The number of hydrogen-bond donors (Lipinski definition) is 0. The molecule has 1 fully saturated rings. The molecule has 1 heterocycles. The number of carbonyl (C=O) groups is 2. The van der Waals surface area contributed by atoms with Crippen LogP contribution in [0, 0.1) is 0 Å². The van der Waals surface area contributed by atoms with Crippen molar-refractivity contribution in [1.82, 2.24) is 9.80 Å². The Morgan fingerprint density at radius 1 is 1.00 bits per heavy atom. The zero-order valence-electron chi connectivity index (χ0n) is 19.8. The van der Waals surface area contributed by atoms with E-state index in [1.165, 1.54) is 0 Å². The number of halogens is 1. The number of rotatable bonds is 6. The maximum atomic E-state index is 12.5. The average Bonchev–Trinajstić information content (AvgIpc) is 2.74. The topological polar surface area (TPSA) is 59.1 Å². The molecule has 1 atom stereocenters. The van der Waals surface area contributed by atoms with Crippen LogP contribution in [-0.2, 0) is 20.7 Å². The van der Waals surface area contributed by atoms with Crippen LogP contribution in [0.1, 0.15) is 50.4 Å². The lowest BCUT2D eigenvalue weighted by Gasteiger charge is -2.40. The summed E-state index contributed by atoms with van der Waals surface area (Å²) >= 11 is 6.47. The van der Waals surface area contributed by atoms with E-state index >= 15 is 0 Å². The molecule has 0 bridgehead atoms. The minimum atomic E-state index is -0.517. The van der Waals surface area contributed by atoms with Crippen molar-refractivity contribution < 1.29 is 19.1 Å². The molecule has 1 amide bonds. The Morgan fingerprint density at radius 3 is 2.27 bits per heavy atom. The van der Waals surface area contributed by atoms with E-state index < -0.39 is 5.60 Å². The summed E-state index contributed by atoms with van der Waals surface area (Å²) < 4.78 is 10.7. The fourth-order valence-electron chi connectivity index (χ4n) is 4.05.